The number of nitrogens with zero attached hydrogens (tertiary/aromatic N) is 1. The highest BCUT2D eigenvalue weighted by atomic mass is 35.5. The molecular formula is C13H12ClN3O4. The van der Waals surface area contributed by atoms with E-state index in [0.29, 0.717) is 17.9 Å². The average Bonchev–Trinajstić information content (AvgIpc) is 2.94. The van der Waals surface area contributed by atoms with Crippen LogP contribution in [0.3, 0.4) is 0 Å². The van der Waals surface area contributed by atoms with Gasteiger partial charge in [0.25, 0.3) is 5.69 Å². The molecule has 0 bridgehead atoms. The normalized spacial score (nSPS) is 10.2. The third kappa shape index (κ3) is 3.51. The number of nitrogens with one attached hydrogen (secondary N) is 2. The zero-order valence-electron chi connectivity index (χ0n) is 11.1. The molecule has 1 aromatic heterocycles. The molecule has 0 aliphatic heterocycles. The molecule has 0 fully saturated rings. The van der Waals surface area contributed by atoms with E-state index in [1.54, 1.807) is 18.2 Å². The van der Waals surface area contributed by atoms with Crippen LogP contribution in [-0.2, 0) is 11.3 Å². The summed E-state index contributed by atoms with van der Waals surface area (Å²) in [5.41, 5.74) is 1.48. The van der Waals surface area contributed by atoms with E-state index in [1.165, 1.54) is 19.2 Å². The lowest BCUT2D eigenvalue weighted by molar-refractivity contribution is -0.384. The molecule has 0 atom stereocenters. The Morgan fingerprint density at radius 3 is 2.86 bits per heavy atom. The van der Waals surface area contributed by atoms with E-state index in [-0.39, 0.29) is 10.7 Å². The molecule has 2 N–H and O–H groups in total. The lowest BCUT2D eigenvalue weighted by Crippen LogP contribution is -2.04. The number of rotatable bonds is 5. The van der Waals surface area contributed by atoms with Gasteiger partial charge in [-0.2, -0.15) is 0 Å². The standard InChI is InChI=1S/C13H12ClN3O4/c1-21-13(18)11-5-3-9(16-11)7-15-8-2-4-10(14)12(6-8)17(19)20/h2-6,15-16H,7H2,1H3. The van der Waals surface area contributed by atoms with E-state index in [9.17, 15) is 14.9 Å². The topological polar surface area (TPSA) is 97.3 Å². The predicted molar refractivity (Wildman–Crippen MR) is 77.6 cm³/mol. The zero-order chi connectivity index (χ0) is 15.4. The first-order chi connectivity index (χ1) is 10.0. The third-order valence-corrected chi connectivity index (χ3v) is 3.10. The largest absolute Gasteiger partial charge is 0.464 e. The van der Waals surface area contributed by atoms with Crippen LogP contribution < -0.4 is 5.32 Å². The van der Waals surface area contributed by atoms with Gasteiger partial charge < -0.3 is 15.0 Å². The fourth-order valence-electron chi connectivity index (χ4n) is 1.73. The molecule has 0 spiro atoms. The van der Waals surface area contributed by atoms with Crippen molar-refractivity contribution in [3.05, 3.63) is 56.9 Å². The number of esters is 1. The van der Waals surface area contributed by atoms with Crippen LogP contribution in [0.2, 0.25) is 5.02 Å². The molecule has 1 heterocycles. The van der Waals surface area contributed by atoms with Crippen molar-refractivity contribution >= 4 is 28.9 Å². The highest BCUT2D eigenvalue weighted by molar-refractivity contribution is 6.32. The second-order valence-electron chi connectivity index (χ2n) is 4.17. The third-order valence-electron chi connectivity index (χ3n) is 2.78. The number of anilines is 1. The Labute approximate surface area is 125 Å². The highest BCUT2D eigenvalue weighted by Crippen LogP contribution is 2.27. The van der Waals surface area contributed by atoms with Crippen LogP contribution >= 0.6 is 11.6 Å². The van der Waals surface area contributed by atoms with Crippen LogP contribution in [0.15, 0.2) is 30.3 Å². The number of carbonyl (C=O) groups is 1. The van der Waals surface area contributed by atoms with E-state index in [0.717, 1.165) is 5.69 Å². The van der Waals surface area contributed by atoms with Gasteiger partial charge in [-0.1, -0.05) is 11.6 Å². The minimum absolute atomic E-state index is 0.0819. The summed E-state index contributed by atoms with van der Waals surface area (Å²) in [4.78, 5) is 24.4. The molecule has 0 aliphatic rings. The molecule has 0 radical (unpaired) electrons. The van der Waals surface area contributed by atoms with E-state index in [2.05, 4.69) is 15.0 Å². The van der Waals surface area contributed by atoms with Gasteiger partial charge in [-0.25, -0.2) is 4.79 Å². The van der Waals surface area contributed by atoms with Gasteiger partial charge in [0.2, 0.25) is 0 Å². The van der Waals surface area contributed by atoms with Crippen LogP contribution in [0, 0.1) is 10.1 Å². The molecule has 110 valence electrons. The summed E-state index contributed by atoms with van der Waals surface area (Å²) in [6.07, 6.45) is 0. The average molecular weight is 310 g/mol. The number of methoxy groups -OCH3 is 1. The number of carbonyl (C=O) groups excluding carboxylic acids is 1. The quantitative estimate of drug-likeness (QED) is 0.502. The molecule has 1 aromatic carbocycles. The second-order valence-corrected chi connectivity index (χ2v) is 4.57. The Kier molecular flexibility index (Phi) is 4.44. The summed E-state index contributed by atoms with van der Waals surface area (Å²) < 4.78 is 4.59. The van der Waals surface area contributed by atoms with Gasteiger partial charge in [-0.15, -0.1) is 0 Å². The summed E-state index contributed by atoms with van der Waals surface area (Å²) >= 11 is 5.74. The second kappa shape index (κ2) is 6.27. The molecule has 2 aromatic rings. The number of ether oxygens (including phenoxy) is 1. The number of aromatic amines is 1. The molecule has 0 aliphatic carbocycles. The van der Waals surface area contributed by atoms with Crippen molar-refractivity contribution in [3.63, 3.8) is 0 Å². The number of hydrogen-bond donors (Lipinski definition) is 2. The van der Waals surface area contributed by atoms with Crippen LogP contribution in [-0.4, -0.2) is 23.0 Å². The van der Waals surface area contributed by atoms with Crippen LogP contribution in [0.4, 0.5) is 11.4 Å². The minimum atomic E-state index is -0.544. The lowest BCUT2D eigenvalue weighted by atomic mass is 10.2. The maximum Gasteiger partial charge on any atom is 0.354 e. The number of aromatic nitrogens is 1. The van der Waals surface area contributed by atoms with E-state index < -0.39 is 10.9 Å². The summed E-state index contributed by atoms with van der Waals surface area (Å²) in [6.45, 7) is 0.371. The fourth-order valence-corrected chi connectivity index (χ4v) is 1.92. The molecule has 21 heavy (non-hydrogen) atoms. The smallest absolute Gasteiger partial charge is 0.354 e. The minimum Gasteiger partial charge on any atom is -0.464 e. The summed E-state index contributed by atoms with van der Waals surface area (Å²) in [5.74, 6) is -0.455. The molecule has 7 nitrogen and oxygen atoms in total. The van der Waals surface area contributed by atoms with Gasteiger partial charge in [0.15, 0.2) is 0 Å². The lowest BCUT2D eigenvalue weighted by Gasteiger charge is -2.05. The SMILES string of the molecule is COC(=O)c1ccc(CNc2ccc(Cl)c([N+](=O)[O-])c2)[nH]1. The van der Waals surface area contributed by atoms with Gasteiger partial charge in [-0.3, -0.25) is 10.1 Å². The number of halogens is 1. The summed E-state index contributed by atoms with van der Waals surface area (Å²) in [6, 6.07) is 7.78. The first kappa shape index (κ1) is 14.9. The number of nitro groups is 1. The van der Waals surface area contributed by atoms with E-state index in [4.69, 9.17) is 11.6 Å². The van der Waals surface area contributed by atoms with Gasteiger partial charge in [0.05, 0.1) is 18.6 Å². The monoisotopic (exact) mass is 309 g/mol. The van der Waals surface area contributed by atoms with Crippen LogP contribution in [0.25, 0.3) is 0 Å². The van der Waals surface area contributed by atoms with E-state index >= 15 is 0 Å². The van der Waals surface area contributed by atoms with Crippen molar-refractivity contribution in [2.24, 2.45) is 0 Å². The molecule has 8 heteroatoms. The van der Waals surface area contributed by atoms with Crippen molar-refractivity contribution in [1.82, 2.24) is 4.98 Å². The number of hydrogen-bond acceptors (Lipinski definition) is 5. The summed E-state index contributed by atoms with van der Waals surface area (Å²) in [5, 5.41) is 13.9. The Morgan fingerprint density at radius 1 is 1.43 bits per heavy atom. The van der Waals surface area contributed by atoms with Crippen molar-refractivity contribution in [3.8, 4) is 0 Å². The van der Waals surface area contributed by atoms with Crippen LogP contribution in [0.5, 0.6) is 0 Å². The van der Waals surface area contributed by atoms with Crippen molar-refractivity contribution in [2.45, 2.75) is 6.54 Å². The number of nitro benzene ring substituents is 1. The Bertz CT molecular complexity index is 684. The number of benzene rings is 1. The van der Waals surface area contributed by atoms with E-state index in [1.807, 2.05) is 0 Å². The first-order valence-corrected chi connectivity index (χ1v) is 6.33. The predicted octanol–water partition coefficient (Wildman–Crippen LogP) is 2.98. The van der Waals surface area contributed by atoms with Crippen molar-refractivity contribution < 1.29 is 14.5 Å². The number of H-pyrrole nitrogens is 1. The maximum absolute atomic E-state index is 11.3. The van der Waals surface area contributed by atoms with Gasteiger partial charge in [0.1, 0.15) is 10.7 Å². The van der Waals surface area contributed by atoms with Gasteiger partial charge in [0, 0.05) is 17.4 Å². The van der Waals surface area contributed by atoms with Crippen molar-refractivity contribution in [1.29, 1.82) is 0 Å². The molecule has 0 saturated heterocycles. The first-order valence-electron chi connectivity index (χ1n) is 5.95. The molecule has 0 amide bonds. The van der Waals surface area contributed by atoms with Crippen LogP contribution in [0.1, 0.15) is 16.2 Å². The van der Waals surface area contributed by atoms with Gasteiger partial charge in [-0.05, 0) is 24.3 Å². The zero-order valence-corrected chi connectivity index (χ0v) is 11.8. The Hall–Kier alpha value is -2.54. The fraction of sp³-hybridized carbons (Fsp3) is 0.154. The maximum atomic E-state index is 11.3. The highest BCUT2D eigenvalue weighted by Gasteiger charge is 2.13. The molecular weight excluding hydrogens is 298 g/mol. The summed E-state index contributed by atoms with van der Waals surface area (Å²) in [7, 11) is 1.30. The molecule has 0 unspecified atom stereocenters. The van der Waals surface area contributed by atoms with Crippen molar-refractivity contribution in [2.75, 3.05) is 12.4 Å². The Morgan fingerprint density at radius 2 is 2.19 bits per heavy atom. The van der Waals surface area contributed by atoms with Gasteiger partial charge >= 0.3 is 5.97 Å². The Balaban J connectivity index is 2.06. The molecule has 2 rings (SSSR count). The molecule has 0 saturated carbocycles.